The van der Waals surface area contributed by atoms with Gasteiger partial charge in [0.05, 0.1) is 17.8 Å². The Labute approximate surface area is 114 Å². The van der Waals surface area contributed by atoms with Crippen LogP contribution in [0.4, 0.5) is 5.69 Å². The van der Waals surface area contributed by atoms with Crippen LogP contribution in [0.15, 0.2) is 29.2 Å². The van der Waals surface area contributed by atoms with Gasteiger partial charge in [-0.25, -0.2) is 13.1 Å². The minimum atomic E-state index is -3.50. The molecule has 5 nitrogen and oxygen atoms in total. The molecule has 0 amide bonds. The minimum absolute atomic E-state index is 0.0176. The van der Waals surface area contributed by atoms with Gasteiger partial charge in [0, 0.05) is 6.54 Å². The Morgan fingerprint density at radius 1 is 1.32 bits per heavy atom. The van der Waals surface area contributed by atoms with E-state index in [4.69, 9.17) is 0 Å². The molecule has 0 bridgehead atoms. The van der Waals surface area contributed by atoms with Crippen LogP contribution in [0.1, 0.15) is 26.2 Å². The fourth-order valence-corrected chi connectivity index (χ4v) is 3.17. The van der Waals surface area contributed by atoms with Gasteiger partial charge in [0.25, 0.3) is 0 Å². The molecule has 0 heterocycles. The van der Waals surface area contributed by atoms with Crippen LogP contribution in [0.25, 0.3) is 0 Å². The molecule has 19 heavy (non-hydrogen) atoms. The standard InChI is InChI=1S/C13H20N2O3S/c1-2-9-14-19(17,18)12-6-4-3-5-11(12)15-13(10-16)7-8-13/h3-6,14-16H,2,7-10H2,1H3. The molecule has 1 fully saturated rings. The minimum Gasteiger partial charge on any atom is -0.394 e. The molecule has 1 saturated carbocycles. The number of hydrogen-bond acceptors (Lipinski definition) is 4. The Balaban J connectivity index is 2.26. The fraction of sp³-hybridized carbons (Fsp3) is 0.538. The van der Waals surface area contributed by atoms with E-state index in [9.17, 15) is 13.5 Å². The first-order valence-electron chi connectivity index (χ1n) is 6.51. The zero-order valence-corrected chi connectivity index (χ0v) is 11.8. The molecule has 0 unspecified atom stereocenters. The molecule has 0 aromatic heterocycles. The maximum atomic E-state index is 12.2. The van der Waals surface area contributed by atoms with Gasteiger partial charge in [-0.15, -0.1) is 0 Å². The summed E-state index contributed by atoms with van der Waals surface area (Å²) in [6, 6.07) is 6.79. The van der Waals surface area contributed by atoms with Gasteiger partial charge < -0.3 is 10.4 Å². The fourth-order valence-electron chi connectivity index (χ4n) is 1.88. The van der Waals surface area contributed by atoms with Gasteiger partial charge in [0.1, 0.15) is 4.90 Å². The highest BCUT2D eigenvalue weighted by atomic mass is 32.2. The van der Waals surface area contributed by atoms with E-state index in [-0.39, 0.29) is 17.0 Å². The van der Waals surface area contributed by atoms with Crippen molar-refractivity contribution in [2.75, 3.05) is 18.5 Å². The predicted molar refractivity (Wildman–Crippen MR) is 74.6 cm³/mol. The first-order valence-corrected chi connectivity index (χ1v) is 7.99. The van der Waals surface area contributed by atoms with Gasteiger partial charge >= 0.3 is 0 Å². The van der Waals surface area contributed by atoms with E-state index >= 15 is 0 Å². The van der Waals surface area contributed by atoms with Crippen molar-refractivity contribution in [1.29, 1.82) is 0 Å². The third-order valence-electron chi connectivity index (χ3n) is 3.27. The van der Waals surface area contributed by atoms with Crippen molar-refractivity contribution in [2.45, 2.75) is 36.6 Å². The molecule has 0 aliphatic heterocycles. The largest absolute Gasteiger partial charge is 0.394 e. The van der Waals surface area contributed by atoms with Gasteiger partial charge in [-0.1, -0.05) is 19.1 Å². The highest BCUT2D eigenvalue weighted by Crippen LogP contribution is 2.39. The number of nitrogens with one attached hydrogen (secondary N) is 2. The predicted octanol–water partition coefficient (Wildman–Crippen LogP) is 1.31. The molecule has 106 valence electrons. The molecule has 1 aliphatic carbocycles. The van der Waals surface area contributed by atoms with Crippen molar-refractivity contribution in [2.24, 2.45) is 0 Å². The lowest BCUT2D eigenvalue weighted by molar-refractivity contribution is 0.266. The van der Waals surface area contributed by atoms with E-state index in [1.165, 1.54) is 0 Å². The van der Waals surface area contributed by atoms with Crippen molar-refractivity contribution < 1.29 is 13.5 Å². The molecule has 1 aliphatic rings. The molecular formula is C13H20N2O3S. The first-order chi connectivity index (χ1) is 9.03. The van der Waals surface area contributed by atoms with Gasteiger partial charge in [-0.3, -0.25) is 0 Å². The lowest BCUT2D eigenvalue weighted by Crippen LogP contribution is -2.29. The second-order valence-corrected chi connectivity index (χ2v) is 6.69. The van der Waals surface area contributed by atoms with E-state index in [0.29, 0.717) is 12.2 Å². The Kier molecular flexibility index (Phi) is 4.13. The summed E-state index contributed by atoms with van der Waals surface area (Å²) in [5.74, 6) is 0. The highest BCUT2D eigenvalue weighted by Gasteiger charge is 2.42. The monoisotopic (exact) mass is 284 g/mol. The van der Waals surface area contributed by atoms with Crippen LogP contribution >= 0.6 is 0 Å². The van der Waals surface area contributed by atoms with E-state index < -0.39 is 10.0 Å². The summed E-state index contributed by atoms with van der Waals surface area (Å²) in [5, 5.41) is 12.5. The van der Waals surface area contributed by atoms with Crippen LogP contribution in [0.2, 0.25) is 0 Å². The molecule has 0 atom stereocenters. The summed E-state index contributed by atoms with van der Waals surface area (Å²) in [4.78, 5) is 0.239. The number of rotatable bonds is 7. The topological polar surface area (TPSA) is 78.4 Å². The molecule has 1 aromatic carbocycles. The van der Waals surface area contributed by atoms with E-state index in [1.54, 1.807) is 24.3 Å². The third kappa shape index (κ3) is 3.26. The third-order valence-corrected chi connectivity index (χ3v) is 4.79. The van der Waals surface area contributed by atoms with Crippen LogP contribution in [-0.2, 0) is 10.0 Å². The van der Waals surface area contributed by atoms with Crippen molar-refractivity contribution in [3.63, 3.8) is 0 Å². The Hall–Kier alpha value is -1.11. The van der Waals surface area contributed by atoms with E-state index in [2.05, 4.69) is 10.0 Å². The van der Waals surface area contributed by atoms with Crippen molar-refractivity contribution in [1.82, 2.24) is 4.72 Å². The Morgan fingerprint density at radius 2 is 2.00 bits per heavy atom. The van der Waals surface area contributed by atoms with Crippen LogP contribution in [0.3, 0.4) is 0 Å². The molecule has 2 rings (SSSR count). The second kappa shape index (κ2) is 5.48. The van der Waals surface area contributed by atoms with Crippen molar-refractivity contribution >= 4 is 15.7 Å². The SMILES string of the molecule is CCCNS(=O)(=O)c1ccccc1NC1(CO)CC1. The Bertz CT molecular complexity index is 539. The van der Waals surface area contributed by atoms with Crippen LogP contribution in [-0.4, -0.2) is 32.2 Å². The van der Waals surface area contributed by atoms with Crippen molar-refractivity contribution in [3.8, 4) is 0 Å². The zero-order chi connectivity index (χ0) is 13.9. The molecule has 0 saturated heterocycles. The molecule has 3 N–H and O–H groups in total. The zero-order valence-electron chi connectivity index (χ0n) is 11.0. The average Bonchev–Trinajstić information content (AvgIpc) is 3.17. The summed E-state index contributed by atoms with van der Waals surface area (Å²) in [7, 11) is -3.50. The molecule has 6 heteroatoms. The summed E-state index contributed by atoms with van der Waals surface area (Å²) < 4.78 is 26.9. The number of aliphatic hydroxyl groups excluding tert-OH is 1. The maximum absolute atomic E-state index is 12.2. The quantitative estimate of drug-likeness (QED) is 0.705. The van der Waals surface area contributed by atoms with E-state index in [1.807, 2.05) is 6.92 Å². The number of aliphatic hydroxyl groups is 1. The maximum Gasteiger partial charge on any atom is 0.242 e. The number of para-hydroxylation sites is 1. The average molecular weight is 284 g/mol. The summed E-state index contributed by atoms with van der Waals surface area (Å²) in [6.45, 7) is 2.35. The van der Waals surface area contributed by atoms with Gasteiger partial charge in [-0.05, 0) is 31.4 Å². The highest BCUT2D eigenvalue weighted by molar-refractivity contribution is 7.89. The first kappa shape index (κ1) is 14.3. The number of benzene rings is 1. The van der Waals surface area contributed by atoms with Crippen molar-refractivity contribution in [3.05, 3.63) is 24.3 Å². The van der Waals surface area contributed by atoms with Crippen LogP contribution in [0.5, 0.6) is 0 Å². The summed E-state index contributed by atoms with van der Waals surface area (Å²) in [5.41, 5.74) is 0.216. The molecule has 0 spiro atoms. The number of anilines is 1. The lowest BCUT2D eigenvalue weighted by atomic mass is 10.2. The molecular weight excluding hydrogens is 264 g/mol. The Morgan fingerprint density at radius 3 is 2.58 bits per heavy atom. The smallest absolute Gasteiger partial charge is 0.242 e. The number of hydrogen-bond donors (Lipinski definition) is 3. The second-order valence-electron chi connectivity index (χ2n) is 4.96. The van der Waals surface area contributed by atoms with E-state index in [0.717, 1.165) is 19.3 Å². The summed E-state index contributed by atoms with van der Waals surface area (Å²) in [6.07, 6.45) is 2.47. The molecule has 0 radical (unpaired) electrons. The lowest BCUT2D eigenvalue weighted by Gasteiger charge is -2.19. The van der Waals surface area contributed by atoms with Crippen LogP contribution < -0.4 is 10.0 Å². The van der Waals surface area contributed by atoms with Gasteiger partial charge in [0.15, 0.2) is 0 Å². The molecule has 1 aromatic rings. The van der Waals surface area contributed by atoms with Crippen LogP contribution in [0, 0.1) is 0 Å². The summed E-state index contributed by atoms with van der Waals surface area (Å²) >= 11 is 0. The van der Waals surface area contributed by atoms with Gasteiger partial charge in [0.2, 0.25) is 10.0 Å². The number of sulfonamides is 1. The van der Waals surface area contributed by atoms with Gasteiger partial charge in [-0.2, -0.15) is 0 Å². The normalized spacial score (nSPS) is 17.2.